The topological polar surface area (TPSA) is 98.5 Å². The van der Waals surface area contributed by atoms with Crippen LogP contribution in [0.25, 0.3) is 0 Å². The molecule has 1 aromatic rings. The van der Waals surface area contributed by atoms with Crippen LogP contribution in [0.3, 0.4) is 0 Å². The van der Waals surface area contributed by atoms with Crippen molar-refractivity contribution in [3.63, 3.8) is 0 Å². The summed E-state index contributed by atoms with van der Waals surface area (Å²) in [6.45, 7) is 5.43. The van der Waals surface area contributed by atoms with E-state index in [9.17, 15) is 19.7 Å². The maximum Gasteiger partial charge on any atom is 0.336 e. The van der Waals surface area contributed by atoms with Gasteiger partial charge in [0.05, 0.1) is 17.6 Å². The maximum atomic E-state index is 13.3. The van der Waals surface area contributed by atoms with Crippen molar-refractivity contribution in [2.24, 2.45) is 5.41 Å². The van der Waals surface area contributed by atoms with Crippen LogP contribution in [0.4, 0.5) is 5.69 Å². The van der Waals surface area contributed by atoms with Crippen LogP contribution >= 0.6 is 11.6 Å². The summed E-state index contributed by atoms with van der Waals surface area (Å²) in [5.74, 6) is -1.55. The molecule has 0 amide bonds. The third kappa shape index (κ3) is 3.20. The largest absolute Gasteiger partial charge is 0.466 e. The third-order valence-corrected chi connectivity index (χ3v) is 5.76. The van der Waals surface area contributed by atoms with Crippen molar-refractivity contribution in [1.82, 2.24) is 5.32 Å². The molecule has 28 heavy (non-hydrogen) atoms. The summed E-state index contributed by atoms with van der Waals surface area (Å²) in [7, 11) is 1.26. The average Bonchev–Trinajstić information content (AvgIpc) is 2.64. The van der Waals surface area contributed by atoms with Gasteiger partial charge in [-0.1, -0.05) is 25.4 Å². The molecule has 1 N–H and O–H groups in total. The minimum absolute atomic E-state index is 0.109. The Morgan fingerprint density at radius 2 is 2.07 bits per heavy atom. The molecular weight excluding hydrogens is 384 g/mol. The van der Waals surface area contributed by atoms with Crippen LogP contribution in [0, 0.1) is 15.5 Å². The fourth-order valence-corrected chi connectivity index (χ4v) is 4.06. The Kier molecular flexibility index (Phi) is 5.06. The Balaban J connectivity index is 2.30. The van der Waals surface area contributed by atoms with E-state index in [1.165, 1.54) is 25.3 Å². The quantitative estimate of drug-likeness (QED) is 0.464. The van der Waals surface area contributed by atoms with Gasteiger partial charge >= 0.3 is 5.97 Å². The zero-order chi connectivity index (χ0) is 20.8. The molecule has 8 heteroatoms. The van der Waals surface area contributed by atoms with E-state index >= 15 is 0 Å². The molecule has 1 aliphatic carbocycles. The van der Waals surface area contributed by atoms with Crippen molar-refractivity contribution < 1.29 is 19.2 Å². The number of Topliss-reactive ketones (excluding diaryl/α,β-unsaturated/α-hetero) is 1. The van der Waals surface area contributed by atoms with Crippen LogP contribution < -0.4 is 5.32 Å². The number of benzene rings is 1. The van der Waals surface area contributed by atoms with Gasteiger partial charge in [0.25, 0.3) is 5.69 Å². The van der Waals surface area contributed by atoms with Crippen LogP contribution in [0.5, 0.6) is 0 Å². The number of carbonyl (C=O) groups is 2. The van der Waals surface area contributed by atoms with E-state index in [4.69, 9.17) is 16.3 Å². The van der Waals surface area contributed by atoms with Crippen molar-refractivity contribution in [3.05, 3.63) is 61.4 Å². The van der Waals surface area contributed by atoms with Gasteiger partial charge in [0.2, 0.25) is 0 Å². The predicted octanol–water partition coefficient (Wildman–Crippen LogP) is 4.03. The van der Waals surface area contributed by atoms with E-state index < -0.39 is 22.2 Å². The van der Waals surface area contributed by atoms with Crippen LogP contribution in [-0.2, 0) is 14.3 Å². The molecule has 1 atom stereocenters. The number of halogens is 1. The molecule has 7 nitrogen and oxygen atoms in total. The maximum absolute atomic E-state index is 13.3. The Bertz CT molecular complexity index is 961. The smallest absolute Gasteiger partial charge is 0.336 e. The summed E-state index contributed by atoms with van der Waals surface area (Å²) in [6, 6.07) is 4.04. The average molecular weight is 405 g/mol. The summed E-state index contributed by atoms with van der Waals surface area (Å²) in [5, 5.41) is 14.7. The molecule has 1 heterocycles. The summed E-state index contributed by atoms with van der Waals surface area (Å²) in [5.41, 5.74) is 1.49. The molecule has 0 fully saturated rings. The minimum Gasteiger partial charge on any atom is -0.466 e. The molecule has 148 valence electrons. The highest BCUT2D eigenvalue weighted by atomic mass is 35.5. The molecule has 3 rings (SSSR count). The van der Waals surface area contributed by atoms with Gasteiger partial charge in [-0.15, -0.1) is 0 Å². The highest BCUT2D eigenvalue weighted by molar-refractivity contribution is 6.31. The lowest BCUT2D eigenvalue weighted by molar-refractivity contribution is -0.384. The van der Waals surface area contributed by atoms with Gasteiger partial charge in [0.1, 0.15) is 0 Å². The Labute approximate surface area is 167 Å². The van der Waals surface area contributed by atoms with Crippen molar-refractivity contribution >= 4 is 29.0 Å². The lowest BCUT2D eigenvalue weighted by Gasteiger charge is -2.39. The van der Waals surface area contributed by atoms with Crippen molar-refractivity contribution in [2.75, 3.05) is 7.11 Å². The van der Waals surface area contributed by atoms with Gasteiger partial charge in [0.15, 0.2) is 5.78 Å². The summed E-state index contributed by atoms with van der Waals surface area (Å²) < 4.78 is 4.95. The first-order valence-electron chi connectivity index (χ1n) is 8.86. The molecule has 0 aromatic heterocycles. The highest BCUT2D eigenvalue weighted by Gasteiger charge is 2.45. The molecule has 0 bridgehead atoms. The van der Waals surface area contributed by atoms with Crippen LogP contribution in [-0.4, -0.2) is 23.8 Å². The fraction of sp³-hybridized carbons (Fsp3) is 0.400. The van der Waals surface area contributed by atoms with Crippen molar-refractivity contribution in [3.8, 4) is 0 Å². The van der Waals surface area contributed by atoms with Gasteiger partial charge < -0.3 is 10.1 Å². The van der Waals surface area contributed by atoms with Crippen LogP contribution in [0.1, 0.15) is 45.1 Å². The zero-order valence-electron chi connectivity index (χ0n) is 16.1. The SMILES string of the molecule is COC(=O)C1=C(C)NC2=C(C(=O)C(C)(C)CC2)C1c1cc([N+](=O)[O-])ccc1Cl. The number of dihydropyridines is 1. The number of non-ortho nitro benzene ring substituents is 1. The number of allylic oxidation sites excluding steroid dienone is 3. The number of ether oxygens (including phenoxy) is 1. The highest BCUT2D eigenvalue weighted by Crippen LogP contribution is 2.48. The summed E-state index contributed by atoms with van der Waals surface area (Å²) >= 11 is 6.39. The molecular formula is C20H21ClN2O5. The van der Waals surface area contributed by atoms with E-state index in [-0.39, 0.29) is 22.1 Å². The lowest BCUT2D eigenvalue weighted by Crippen LogP contribution is -2.40. The Morgan fingerprint density at radius 1 is 1.39 bits per heavy atom. The summed E-state index contributed by atoms with van der Waals surface area (Å²) in [6.07, 6.45) is 1.29. The second-order valence-corrected chi connectivity index (χ2v) is 8.06. The molecule has 1 aliphatic heterocycles. The molecule has 0 saturated heterocycles. The number of nitrogens with zero attached hydrogens (tertiary/aromatic N) is 1. The molecule has 0 radical (unpaired) electrons. The number of nitro groups is 1. The molecule has 0 spiro atoms. The minimum atomic E-state index is -0.830. The van der Waals surface area contributed by atoms with Gasteiger partial charge in [-0.05, 0) is 31.4 Å². The van der Waals surface area contributed by atoms with Gasteiger partial charge in [-0.25, -0.2) is 4.79 Å². The number of nitro benzene ring substituents is 1. The Morgan fingerprint density at radius 3 is 2.68 bits per heavy atom. The molecule has 0 saturated carbocycles. The molecule has 1 aromatic carbocycles. The third-order valence-electron chi connectivity index (χ3n) is 5.41. The van der Waals surface area contributed by atoms with E-state index in [2.05, 4.69) is 5.32 Å². The van der Waals surface area contributed by atoms with Crippen molar-refractivity contribution in [2.45, 2.75) is 39.5 Å². The standard InChI is InChI=1S/C20H21ClN2O5/c1-10-15(19(25)28-4)16(12-9-11(23(26)27)5-6-13(12)21)17-14(22-10)7-8-20(2,3)18(17)24/h5-6,9,16,22H,7-8H2,1-4H3. The molecule has 2 aliphatic rings. The van der Waals surface area contributed by atoms with Gasteiger partial charge in [0, 0.05) is 45.5 Å². The number of hydrogen-bond donors (Lipinski definition) is 1. The number of ketones is 1. The number of methoxy groups -OCH3 is 1. The first kappa shape index (κ1) is 20.1. The first-order chi connectivity index (χ1) is 13.1. The number of rotatable bonds is 3. The van der Waals surface area contributed by atoms with Gasteiger partial charge in [-0.3, -0.25) is 14.9 Å². The monoisotopic (exact) mass is 404 g/mol. The number of esters is 1. The Hall–Kier alpha value is -2.67. The van der Waals surface area contributed by atoms with E-state index in [1.807, 2.05) is 13.8 Å². The number of carbonyl (C=O) groups excluding carboxylic acids is 2. The number of hydrogen-bond acceptors (Lipinski definition) is 6. The lowest BCUT2D eigenvalue weighted by atomic mass is 9.67. The fourth-order valence-electron chi connectivity index (χ4n) is 3.83. The summed E-state index contributed by atoms with van der Waals surface area (Å²) in [4.78, 5) is 36.7. The molecule has 1 unspecified atom stereocenters. The zero-order valence-corrected chi connectivity index (χ0v) is 16.8. The second kappa shape index (κ2) is 7.05. The van der Waals surface area contributed by atoms with Crippen molar-refractivity contribution in [1.29, 1.82) is 0 Å². The van der Waals surface area contributed by atoms with Crippen LogP contribution in [0.2, 0.25) is 5.02 Å². The number of nitrogens with one attached hydrogen (secondary N) is 1. The first-order valence-corrected chi connectivity index (χ1v) is 9.24. The van der Waals surface area contributed by atoms with E-state index in [1.54, 1.807) is 6.92 Å². The van der Waals surface area contributed by atoms with Gasteiger partial charge in [-0.2, -0.15) is 0 Å². The predicted molar refractivity (Wildman–Crippen MR) is 104 cm³/mol. The second-order valence-electron chi connectivity index (χ2n) is 7.66. The van der Waals surface area contributed by atoms with E-state index in [0.29, 0.717) is 29.7 Å². The van der Waals surface area contributed by atoms with Crippen LogP contribution in [0.15, 0.2) is 40.7 Å². The normalized spacial score (nSPS) is 21.2. The van der Waals surface area contributed by atoms with E-state index in [0.717, 1.165) is 5.70 Å².